The van der Waals surface area contributed by atoms with Crippen molar-refractivity contribution >= 4 is 45.1 Å². The predicted octanol–water partition coefficient (Wildman–Crippen LogP) is 4.25. The zero-order valence-electron chi connectivity index (χ0n) is 17.0. The first-order valence-corrected chi connectivity index (χ1v) is 12.3. The number of rotatable bonds is 6. The van der Waals surface area contributed by atoms with Gasteiger partial charge in [-0.15, -0.1) is 11.3 Å². The van der Waals surface area contributed by atoms with Crippen LogP contribution in [0, 0.1) is 12.8 Å². The lowest BCUT2D eigenvalue weighted by atomic mass is 9.99. The molecular weight excluding hydrogens is 434 g/mol. The monoisotopic (exact) mass is 457 g/mol. The average Bonchev–Trinajstić information content (AvgIpc) is 3.42. The number of benzene rings is 1. The molecule has 1 fully saturated rings. The lowest BCUT2D eigenvalue weighted by molar-refractivity contribution is -0.120. The van der Waals surface area contributed by atoms with Gasteiger partial charge >= 0.3 is 0 Å². The fourth-order valence-electron chi connectivity index (χ4n) is 3.61. The maximum absolute atomic E-state index is 13.4. The Morgan fingerprint density at radius 2 is 2.03 bits per heavy atom. The Hall–Kier alpha value is -2.75. The Balaban J connectivity index is 1.53. The second-order valence-corrected chi connectivity index (χ2v) is 10.2. The van der Waals surface area contributed by atoms with E-state index in [1.807, 2.05) is 47.8 Å². The highest BCUT2D eigenvalue weighted by Crippen LogP contribution is 2.30. The Labute approximate surface area is 185 Å². The van der Waals surface area contributed by atoms with E-state index in [4.69, 9.17) is 4.52 Å². The summed E-state index contributed by atoms with van der Waals surface area (Å²) < 4.78 is 33.6. The zero-order chi connectivity index (χ0) is 21.8. The van der Waals surface area contributed by atoms with Gasteiger partial charge in [0.2, 0.25) is 15.9 Å². The normalized spacial score (nSPS) is 17.8. The van der Waals surface area contributed by atoms with Crippen LogP contribution in [0.15, 0.2) is 57.3 Å². The van der Waals surface area contributed by atoms with Gasteiger partial charge in [-0.25, -0.2) is 8.42 Å². The first-order chi connectivity index (χ1) is 14.9. The summed E-state index contributed by atoms with van der Waals surface area (Å²) in [5.74, 6) is -0.401. The van der Waals surface area contributed by atoms with Crippen molar-refractivity contribution in [2.24, 2.45) is 5.92 Å². The molecule has 1 aliphatic rings. The highest BCUT2D eigenvalue weighted by molar-refractivity contribution is 7.89. The summed E-state index contributed by atoms with van der Waals surface area (Å²) in [5.41, 5.74) is 1.00. The van der Waals surface area contributed by atoms with Crippen LogP contribution in [0.2, 0.25) is 0 Å². The molecular formula is C22H23N3O4S2. The molecule has 162 valence electrons. The third-order valence-electron chi connectivity index (χ3n) is 5.17. The lowest BCUT2D eigenvalue weighted by Crippen LogP contribution is -2.43. The van der Waals surface area contributed by atoms with Gasteiger partial charge in [-0.05, 0) is 55.5 Å². The van der Waals surface area contributed by atoms with Crippen LogP contribution in [0.25, 0.3) is 12.2 Å². The van der Waals surface area contributed by atoms with E-state index in [-0.39, 0.29) is 23.1 Å². The van der Waals surface area contributed by atoms with Gasteiger partial charge in [0.1, 0.15) is 5.69 Å². The van der Waals surface area contributed by atoms with Crippen LogP contribution in [-0.4, -0.2) is 36.9 Å². The number of carbonyl (C=O) groups is 1. The van der Waals surface area contributed by atoms with Crippen molar-refractivity contribution in [2.45, 2.75) is 24.7 Å². The molecule has 1 aromatic carbocycles. The molecule has 9 heteroatoms. The molecule has 4 rings (SSSR count). The van der Waals surface area contributed by atoms with Crippen molar-refractivity contribution in [2.75, 3.05) is 18.4 Å². The molecule has 1 atom stereocenters. The lowest BCUT2D eigenvalue weighted by Gasteiger charge is -2.31. The fourth-order valence-corrected chi connectivity index (χ4v) is 6.00. The predicted molar refractivity (Wildman–Crippen MR) is 121 cm³/mol. The van der Waals surface area contributed by atoms with Crippen LogP contribution in [0.4, 0.5) is 5.69 Å². The molecule has 3 aromatic rings. The number of aromatic nitrogens is 1. The van der Waals surface area contributed by atoms with E-state index in [9.17, 15) is 13.2 Å². The SMILES string of the molecule is Cc1noc(C=Cc2cccs2)c1S(=O)(=O)N1CCCC(C(=O)Nc2ccccc2)C1. The van der Waals surface area contributed by atoms with Gasteiger partial charge in [-0.1, -0.05) is 29.4 Å². The second-order valence-electron chi connectivity index (χ2n) is 7.37. The molecule has 3 heterocycles. The summed E-state index contributed by atoms with van der Waals surface area (Å²) in [6, 6.07) is 13.0. The largest absolute Gasteiger partial charge is 0.355 e. The van der Waals surface area contributed by atoms with E-state index in [0.29, 0.717) is 30.8 Å². The Bertz CT molecular complexity index is 1170. The van der Waals surface area contributed by atoms with E-state index in [1.165, 1.54) is 4.31 Å². The quantitative estimate of drug-likeness (QED) is 0.597. The van der Waals surface area contributed by atoms with E-state index in [1.54, 1.807) is 30.4 Å². The summed E-state index contributed by atoms with van der Waals surface area (Å²) in [6.45, 7) is 2.10. The van der Waals surface area contributed by atoms with Gasteiger partial charge in [0.05, 0.1) is 5.92 Å². The fraction of sp³-hybridized carbons (Fsp3) is 0.273. The number of hydrogen-bond acceptors (Lipinski definition) is 6. The number of carbonyl (C=O) groups excluding carboxylic acids is 1. The highest BCUT2D eigenvalue weighted by Gasteiger charge is 2.36. The van der Waals surface area contributed by atoms with Crippen LogP contribution in [0.1, 0.15) is 29.2 Å². The van der Waals surface area contributed by atoms with E-state index in [0.717, 1.165) is 4.88 Å². The Kier molecular flexibility index (Phi) is 6.35. The molecule has 0 bridgehead atoms. The molecule has 7 nitrogen and oxygen atoms in total. The number of nitrogens with one attached hydrogen (secondary N) is 1. The molecule has 1 unspecified atom stereocenters. The number of nitrogens with zero attached hydrogens (tertiary/aromatic N) is 2. The Morgan fingerprint density at radius 1 is 1.23 bits per heavy atom. The van der Waals surface area contributed by atoms with Gasteiger partial charge in [-0.2, -0.15) is 4.31 Å². The number of sulfonamides is 1. The van der Waals surface area contributed by atoms with Gasteiger partial charge in [-0.3, -0.25) is 4.79 Å². The Morgan fingerprint density at radius 3 is 2.77 bits per heavy atom. The number of piperidine rings is 1. The zero-order valence-corrected chi connectivity index (χ0v) is 18.7. The summed E-state index contributed by atoms with van der Waals surface area (Å²) in [6.07, 6.45) is 4.67. The number of para-hydroxylation sites is 1. The van der Waals surface area contributed by atoms with Crippen molar-refractivity contribution in [3.8, 4) is 0 Å². The van der Waals surface area contributed by atoms with E-state index in [2.05, 4.69) is 10.5 Å². The van der Waals surface area contributed by atoms with E-state index >= 15 is 0 Å². The van der Waals surface area contributed by atoms with E-state index < -0.39 is 15.9 Å². The summed E-state index contributed by atoms with van der Waals surface area (Å²) in [7, 11) is -3.86. The molecule has 0 saturated carbocycles. The third kappa shape index (κ3) is 4.79. The van der Waals surface area contributed by atoms with Crippen molar-refractivity contribution in [3.05, 3.63) is 64.2 Å². The number of hydrogen-bond donors (Lipinski definition) is 1. The van der Waals surface area contributed by atoms with Crippen LogP contribution in [0.5, 0.6) is 0 Å². The summed E-state index contributed by atoms with van der Waals surface area (Å²) >= 11 is 1.54. The number of anilines is 1. The molecule has 1 saturated heterocycles. The van der Waals surface area contributed by atoms with Gasteiger partial charge < -0.3 is 9.84 Å². The molecule has 1 N–H and O–H groups in total. The minimum absolute atomic E-state index is 0.0597. The van der Waals surface area contributed by atoms with Crippen LogP contribution >= 0.6 is 11.3 Å². The van der Waals surface area contributed by atoms with Gasteiger partial charge in [0.25, 0.3) is 0 Å². The molecule has 1 aliphatic heterocycles. The smallest absolute Gasteiger partial charge is 0.248 e. The second kappa shape index (κ2) is 9.17. The number of aryl methyl sites for hydroxylation is 1. The average molecular weight is 458 g/mol. The first-order valence-electron chi connectivity index (χ1n) is 9.99. The van der Waals surface area contributed by atoms with Crippen molar-refractivity contribution in [1.29, 1.82) is 0 Å². The molecule has 31 heavy (non-hydrogen) atoms. The first kappa shape index (κ1) is 21.5. The standard InChI is InChI=1S/C22H23N3O4S2/c1-16-21(20(29-24-16)12-11-19-10-6-14-30-19)31(27,28)25-13-5-7-17(15-25)22(26)23-18-8-3-2-4-9-18/h2-4,6,8-12,14,17H,5,7,13,15H2,1H3,(H,23,26). The number of thiophene rings is 1. The minimum atomic E-state index is -3.86. The number of amides is 1. The van der Waals surface area contributed by atoms with Crippen molar-refractivity contribution in [3.63, 3.8) is 0 Å². The van der Waals surface area contributed by atoms with Gasteiger partial charge in [0, 0.05) is 23.7 Å². The van der Waals surface area contributed by atoms with Crippen LogP contribution in [-0.2, 0) is 14.8 Å². The minimum Gasteiger partial charge on any atom is -0.355 e. The van der Waals surface area contributed by atoms with Crippen LogP contribution < -0.4 is 5.32 Å². The molecule has 0 radical (unpaired) electrons. The molecule has 0 aliphatic carbocycles. The van der Waals surface area contributed by atoms with Gasteiger partial charge in [0.15, 0.2) is 10.7 Å². The molecule has 1 amide bonds. The van der Waals surface area contributed by atoms with Crippen LogP contribution in [0.3, 0.4) is 0 Å². The topological polar surface area (TPSA) is 92.5 Å². The highest BCUT2D eigenvalue weighted by atomic mass is 32.2. The maximum atomic E-state index is 13.4. The molecule has 2 aromatic heterocycles. The molecule has 0 spiro atoms. The van der Waals surface area contributed by atoms with Crippen molar-refractivity contribution < 1.29 is 17.7 Å². The van der Waals surface area contributed by atoms with Crippen molar-refractivity contribution in [1.82, 2.24) is 9.46 Å². The maximum Gasteiger partial charge on any atom is 0.248 e. The summed E-state index contributed by atoms with van der Waals surface area (Å²) in [5, 5.41) is 8.70. The third-order valence-corrected chi connectivity index (χ3v) is 8.03. The summed E-state index contributed by atoms with van der Waals surface area (Å²) in [4.78, 5) is 13.8.